The van der Waals surface area contributed by atoms with Crippen LogP contribution < -0.4 is 27.7 Å². The number of nitrogens with two attached hydrogens (primary N) is 4. The first kappa shape index (κ1) is 89.8. The van der Waals surface area contributed by atoms with Crippen LogP contribution in [-0.4, -0.2) is 133 Å². The smallest absolute Gasteiger partial charge is 0.335 e. The molecule has 14 aromatic heterocycles. The summed E-state index contributed by atoms with van der Waals surface area (Å²) in [6.07, 6.45) is 20.9. The van der Waals surface area contributed by atoms with E-state index in [9.17, 15) is 19.2 Å². The molecule has 0 aliphatic heterocycles. The number of benzene rings is 6. The van der Waals surface area contributed by atoms with Gasteiger partial charge in [-0.15, -0.1) is 0 Å². The minimum atomic E-state index is -1.02. The number of fused-ring (bicyclic) bond motifs is 5. The number of carbonyl (C=O) groups is 4. The van der Waals surface area contributed by atoms with Gasteiger partial charge in [-0.25, -0.2) is 19.7 Å². The molecule has 14 heterocycles. The first-order valence-corrected chi connectivity index (χ1v) is 45.5. The molecule has 0 fully saturated rings. The minimum absolute atomic E-state index is 0.00915. The zero-order valence-electron chi connectivity index (χ0n) is 68.8. The van der Waals surface area contributed by atoms with Crippen LogP contribution in [0.1, 0.15) is 27.0 Å². The second kappa shape index (κ2) is 40.0. The summed E-state index contributed by atoms with van der Waals surface area (Å²) in [5, 5.41) is 56.7. The van der Waals surface area contributed by atoms with E-state index in [0.717, 1.165) is 121 Å². The number of halogens is 4. The van der Waals surface area contributed by atoms with Crippen LogP contribution in [0.3, 0.4) is 0 Å². The number of para-hydroxylation sites is 1. The van der Waals surface area contributed by atoms with Gasteiger partial charge < -0.3 is 48.1 Å². The van der Waals surface area contributed by atoms with Crippen LogP contribution >= 0.6 is 99.0 Å². The zero-order chi connectivity index (χ0) is 92.5. The number of carboxylic acids is 4. The second-order valence-electron chi connectivity index (χ2n) is 29.1. The summed E-state index contributed by atoms with van der Waals surface area (Å²) in [5.41, 5.74) is 43.1. The number of aromatic carboxylic acids is 1. The van der Waals surface area contributed by atoms with E-state index in [4.69, 9.17) is 63.0 Å². The van der Waals surface area contributed by atoms with Crippen molar-refractivity contribution in [1.29, 1.82) is 0 Å². The van der Waals surface area contributed by atoms with Gasteiger partial charge in [0.25, 0.3) is 0 Å². The molecule has 0 radical (unpaired) electrons. The molecule has 0 unspecified atom stereocenters. The molecule has 0 spiro atoms. The third-order valence-electron chi connectivity index (χ3n) is 20.3. The van der Waals surface area contributed by atoms with E-state index in [0.29, 0.717) is 84.6 Å². The zero-order valence-corrected chi connectivity index (χ0v) is 77.6. The van der Waals surface area contributed by atoms with Crippen molar-refractivity contribution >= 4 is 180 Å². The molecule has 31 nitrogen and oxygen atoms in total. The highest BCUT2D eigenvalue weighted by Gasteiger charge is 2.25. The van der Waals surface area contributed by atoms with Crippen molar-refractivity contribution in [2.24, 2.45) is 0 Å². The minimum Gasteiger partial charge on any atom is -0.481 e. The highest BCUT2D eigenvalue weighted by atomic mass is 79.9. The van der Waals surface area contributed by atoms with Crippen LogP contribution in [0.2, 0.25) is 0 Å². The van der Waals surface area contributed by atoms with E-state index in [1.807, 2.05) is 164 Å². The Labute approximate surface area is 800 Å². The molecule has 0 saturated heterocycles. The highest BCUT2D eigenvalue weighted by Crippen LogP contribution is 2.43. The van der Waals surface area contributed by atoms with Gasteiger partial charge >= 0.3 is 23.9 Å². The lowest BCUT2D eigenvalue weighted by atomic mass is 10.1. The fourth-order valence-corrected chi connectivity index (χ4v) is 18.0. The average Bonchev–Trinajstić information content (AvgIpc) is 1.64. The number of carboxylic acid groups (broad SMARTS) is 4. The first-order valence-electron chi connectivity index (χ1n) is 39.9. The summed E-state index contributed by atoms with van der Waals surface area (Å²) < 4.78 is 14.5. The van der Waals surface area contributed by atoms with Gasteiger partial charge in [-0.1, -0.05) is 138 Å². The van der Waals surface area contributed by atoms with Crippen molar-refractivity contribution in [1.82, 2.24) is 88.3 Å². The van der Waals surface area contributed by atoms with Gasteiger partial charge in [-0.05, 0) is 196 Å². The van der Waals surface area contributed by atoms with Crippen molar-refractivity contribution in [2.75, 3.05) is 22.9 Å². The van der Waals surface area contributed by atoms with Gasteiger partial charge in [-0.2, -0.15) is 43.4 Å². The molecule has 656 valence electrons. The van der Waals surface area contributed by atoms with E-state index < -0.39 is 23.9 Å². The molecule has 0 aliphatic carbocycles. The number of nitrogens with zero attached hydrogens (tertiary/aromatic N) is 18. The van der Waals surface area contributed by atoms with Crippen molar-refractivity contribution in [2.45, 2.75) is 49.0 Å². The van der Waals surface area contributed by atoms with Gasteiger partial charge in [0.15, 0.2) is 22.6 Å². The Hall–Kier alpha value is -15.2. The average molecular weight is 2080 g/mol. The van der Waals surface area contributed by atoms with Crippen LogP contribution in [0, 0.1) is 0 Å². The molecule has 20 aromatic rings. The van der Waals surface area contributed by atoms with Gasteiger partial charge in [0, 0.05) is 131 Å². The molecule has 0 saturated carbocycles. The molecule has 133 heavy (non-hydrogen) atoms. The van der Waals surface area contributed by atoms with Gasteiger partial charge in [0.1, 0.15) is 48.6 Å². The normalized spacial score (nSPS) is 11.1. The molecule has 0 amide bonds. The number of hydrogen-bond acceptors (Lipinski definition) is 26. The molecular formula is C95H66Br4N22O9S3. The summed E-state index contributed by atoms with van der Waals surface area (Å²) in [4.78, 5) is 92.2. The quantitative estimate of drug-likeness (QED) is 0.0292. The van der Waals surface area contributed by atoms with Crippen LogP contribution in [0.5, 0.6) is 11.6 Å². The molecule has 0 bridgehead atoms. The molecule has 0 atom stereocenters. The molecule has 20 rings (SSSR count). The third kappa shape index (κ3) is 20.4. The first-order chi connectivity index (χ1) is 64.5. The lowest BCUT2D eigenvalue weighted by Gasteiger charge is -2.10. The standard InChI is InChI=1S/C25H18BrN5O2S.C24H17BrN6O2S.C23H15BrN6O3.C23H16BrN5O2S/c26-22-23(27)31-24(30-25(22)34-18-9-6-15(7-10-18)12-21(32)33)19(14-29-31)17-8-11-20(28-13-17)16-4-2-1-3-5-16;25-21-22(26)31-23(30-24(21)34-17-6-3-14(4-7-17)10-20(32)33)18(13-29-31)15-5-8-19(28-12-15)16-2-1-9-27-11-16;24-19-20(25)30-21(29-22(19)33-16-6-3-13(4-7-16)23(31)32)17(12-28-30)14-5-8-18(27-11-14)15-2-1-9-26-10-15;24-20-21(25)29-22(28-23(20)32-16-7-5-13(6-8-16)9-19(30)31)17(12-27-29)15-10-14-3-1-2-4-18(14)26-11-15/h1-11,13-14H,12,27H2,(H,32,33);1-9,11-13H,10,26H2,(H,32,33);1-12H,25H2,(H,31,32);1-8,10-12H,9,25H2,(H,30,31). The van der Waals surface area contributed by atoms with Gasteiger partial charge in [0.2, 0.25) is 5.88 Å². The maximum Gasteiger partial charge on any atom is 0.335 e. The lowest BCUT2D eigenvalue weighted by molar-refractivity contribution is -0.137. The summed E-state index contributed by atoms with van der Waals surface area (Å²) >= 11 is 18.3. The van der Waals surface area contributed by atoms with E-state index in [1.165, 1.54) is 51.9 Å². The summed E-state index contributed by atoms with van der Waals surface area (Å²) in [5.74, 6) is -1.32. The summed E-state index contributed by atoms with van der Waals surface area (Å²) in [6, 6.07) is 67.4. The molecule has 6 aromatic carbocycles. The van der Waals surface area contributed by atoms with Crippen molar-refractivity contribution in [3.63, 3.8) is 0 Å². The number of nitrogen functional groups attached to an aromatic ring is 4. The highest BCUT2D eigenvalue weighted by molar-refractivity contribution is 9.11. The number of pyridine rings is 6. The Morgan fingerprint density at radius 2 is 0.692 bits per heavy atom. The second-order valence-corrected chi connectivity index (χ2v) is 35.4. The molecule has 0 aliphatic rings. The largest absolute Gasteiger partial charge is 0.481 e. The summed E-state index contributed by atoms with van der Waals surface area (Å²) in [7, 11) is 0. The fraction of sp³-hybridized carbons (Fsp3) is 0.0316. The maximum absolute atomic E-state index is 11.1. The summed E-state index contributed by atoms with van der Waals surface area (Å²) in [6.45, 7) is 0. The number of rotatable bonds is 22. The van der Waals surface area contributed by atoms with Crippen LogP contribution in [0.15, 0.2) is 340 Å². The number of hydrogen-bond donors (Lipinski definition) is 8. The Morgan fingerprint density at radius 1 is 0.338 bits per heavy atom. The fourth-order valence-electron chi connectivity index (χ4n) is 13.7. The Morgan fingerprint density at radius 3 is 1.06 bits per heavy atom. The van der Waals surface area contributed by atoms with E-state index in [2.05, 4.69) is 125 Å². The number of anilines is 4. The maximum atomic E-state index is 11.1. The van der Waals surface area contributed by atoms with E-state index in [1.54, 1.807) is 124 Å². The van der Waals surface area contributed by atoms with Crippen molar-refractivity contribution < 1.29 is 44.3 Å². The topological polar surface area (TPSA) is 461 Å². The third-order valence-corrected chi connectivity index (χ3v) is 27.1. The van der Waals surface area contributed by atoms with Gasteiger partial charge in [-0.3, -0.25) is 44.3 Å². The lowest BCUT2D eigenvalue weighted by Crippen LogP contribution is -2.04. The van der Waals surface area contributed by atoms with Crippen molar-refractivity contribution in [3.8, 4) is 89.9 Å². The Bertz CT molecular complexity index is 7530. The van der Waals surface area contributed by atoms with Gasteiger partial charge in [0.05, 0.1) is 85.6 Å². The van der Waals surface area contributed by atoms with Crippen LogP contribution in [0.4, 0.5) is 23.3 Å². The number of ether oxygens (including phenoxy) is 1. The number of aromatic nitrogens is 18. The van der Waals surface area contributed by atoms with E-state index >= 15 is 0 Å². The predicted molar refractivity (Wildman–Crippen MR) is 522 cm³/mol. The Balaban J connectivity index is 0.000000124. The molecular weight excluding hydrogens is 2010 g/mol. The van der Waals surface area contributed by atoms with E-state index in [-0.39, 0.29) is 30.7 Å². The van der Waals surface area contributed by atoms with Crippen LogP contribution in [-0.2, 0) is 33.6 Å². The molecule has 38 heteroatoms. The predicted octanol–water partition coefficient (Wildman–Crippen LogP) is 20.3. The number of aliphatic carboxylic acids is 3. The molecule has 12 N–H and O–H groups in total. The Kier molecular flexibility index (Phi) is 27.0. The monoisotopic (exact) mass is 2070 g/mol. The van der Waals surface area contributed by atoms with Crippen LogP contribution in [0.25, 0.3) is 112 Å². The van der Waals surface area contributed by atoms with Crippen molar-refractivity contribution in [3.05, 3.63) is 333 Å². The SMILES string of the molecule is Nc1c(Br)c(Oc2ccc(C(=O)O)cc2)nc2c(-c3ccc(-c4cccnc4)nc3)cnn12.Nc1c(Br)c(Sc2ccc(CC(=O)O)cc2)nc2c(-c3ccc(-c4ccccc4)nc3)cnn12.Nc1c(Br)c(Sc2ccc(CC(=O)O)cc2)nc2c(-c3ccc(-c4cccnc4)nc3)cnn12.Nc1c(Br)c(Sc2ccc(CC(=O)O)cc2)nc2c(-c3cnc4ccccc4c3)cnn12.